The van der Waals surface area contributed by atoms with Crippen molar-refractivity contribution in [2.24, 2.45) is 5.73 Å². The van der Waals surface area contributed by atoms with Gasteiger partial charge in [-0.3, -0.25) is 4.57 Å². The number of nitrogens with two attached hydrogens (primary N) is 1. The molecule has 0 fully saturated rings. The average molecular weight is 518 g/mol. The lowest BCUT2D eigenvalue weighted by atomic mass is 10.0. The maximum Gasteiger partial charge on any atom is 0.325 e. The van der Waals surface area contributed by atoms with E-state index in [2.05, 4.69) is 0 Å². The summed E-state index contributed by atoms with van der Waals surface area (Å²) in [6, 6.07) is 0. The van der Waals surface area contributed by atoms with Crippen LogP contribution in [0.3, 0.4) is 0 Å². The number of hydrogen-bond donors (Lipinski definition) is 3. The van der Waals surface area contributed by atoms with Gasteiger partial charge in [0.1, 0.15) is 0 Å². The van der Waals surface area contributed by atoms with Crippen LogP contribution in [0.4, 0.5) is 0 Å². The number of hydrogen-bond acceptors (Lipinski definition) is 2. The van der Waals surface area contributed by atoms with E-state index in [0.29, 0.717) is 6.42 Å². The quantitative estimate of drug-likeness (QED) is 0.0653. The largest absolute Gasteiger partial charge is 0.330 e. The molecule has 0 atom stereocenters. The third-order valence-electron chi connectivity index (χ3n) is 7.40. The van der Waals surface area contributed by atoms with E-state index in [9.17, 15) is 4.57 Å². The van der Waals surface area contributed by atoms with Crippen LogP contribution in [-0.4, -0.2) is 22.5 Å². The van der Waals surface area contributed by atoms with Gasteiger partial charge in [0.05, 0.1) is 0 Å². The fraction of sp³-hybridized carbons (Fsp3) is 1.00. The first kappa shape index (κ1) is 35.1. The van der Waals surface area contributed by atoms with Crippen molar-refractivity contribution >= 4 is 7.60 Å². The van der Waals surface area contributed by atoms with Crippen LogP contribution >= 0.6 is 7.60 Å². The van der Waals surface area contributed by atoms with Gasteiger partial charge in [-0.2, -0.15) is 0 Å². The van der Waals surface area contributed by atoms with Gasteiger partial charge in [-0.05, 0) is 19.4 Å². The molecule has 0 heterocycles. The van der Waals surface area contributed by atoms with Gasteiger partial charge in [0.2, 0.25) is 0 Å². The lowest BCUT2D eigenvalue weighted by Gasteiger charge is -2.05. The van der Waals surface area contributed by atoms with E-state index in [1.807, 2.05) is 0 Å². The normalized spacial score (nSPS) is 12.0. The van der Waals surface area contributed by atoms with Crippen molar-refractivity contribution in [2.75, 3.05) is 12.7 Å². The second-order valence-corrected chi connectivity index (χ2v) is 12.9. The minimum atomic E-state index is -3.77. The molecule has 0 aromatic heterocycles. The SMILES string of the molecule is NCCCCCCCCCCCCCCCCCCCCCCCCCCCCCCP(=O)(O)O. The maximum absolute atomic E-state index is 10.8. The van der Waals surface area contributed by atoms with Crippen LogP contribution in [0.15, 0.2) is 0 Å². The number of unbranched alkanes of at least 4 members (excludes halogenated alkanes) is 27. The topological polar surface area (TPSA) is 83.6 Å². The van der Waals surface area contributed by atoms with Crippen LogP contribution < -0.4 is 5.73 Å². The van der Waals surface area contributed by atoms with Crippen molar-refractivity contribution in [3.05, 3.63) is 0 Å². The standard InChI is InChI=1S/C30H64NO3P/c31-29-27-25-23-21-19-17-15-13-11-9-7-5-3-1-2-4-6-8-10-12-14-16-18-20-22-24-26-28-30-35(32,33)34/h1-31H2,(H2,32,33,34). The Labute approximate surface area is 220 Å². The van der Waals surface area contributed by atoms with E-state index < -0.39 is 7.60 Å². The Balaban J connectivity index is 3.04. The molecule has 4 N–H and O–H groups in total. The molecule has 0 saturated heterocycles. The molecule has 0 aromatic rings. The van der Waals surface area contributed by atoms with Crippen LogP contribution in [0.25, 0.3) is 0 Å². The molecule has 0 aliphatic carbocycles. The molecular formula is C30H64NO3P. The predicted molar refractivity (Wildman–Crippen MR) is 155 cm³/mol. The smallest absolute Gasteiger partial charge is 0.325 e. The maximum atomic E-state index is 10.8. The van der Waals surface area contributed by atoms with E-state index in [4.69, 9.17) is 15.5 Å². The molecule has 0 saturated carbocycles. The van der Waals surface area contributed by atoms with Crippen LogP contribution in [0.5, 0.6) is 0 Å². The molecule has 0 aliphatic rings. The molecule has 0 spiro atoms. The Bertz CT molecular complexity index is 441. The molecule has 0 amide bonds. The van der Waals surface area contributed by atoms with E-state index in [-0.39, 0.29) is 6.16 Å². The minimum absolute atomic E-state index is 0.0599. The molecule has 4 nitrogen and oxygen atoms in total. The van der Waals surface area contributed by atoms with Crippen LogP contribution in [-0.2, 0) is 4.57 Å². The van der Waals surface area contributed by atoms with Gasteiger partial charge in [-0.15, -0.1) is 0 Å². The third-order valence-corrected chi connectivity index (χ3v) is 8.30. The van der Waals surface area contributed by atoms with Crippen molar-refractivity contribution in [2.45, 2.75) is 180 Å². The lowest BCUT2D eigenvalue weighted by molar-refractivity contribution is 0.370. The zero-order valence-corrected chi connectivity index (χ0v) is 24.4. The molecule has 0 aliphatic heterocycles. The van der Waals surface area contributed by atoms with Crippen molar-refractivity contribution in [3.8, 4) is 0 Å². The minimum Gasteiger partial charge on any atom is -0.330 e. The summed E-state index contributed by atoms with van der Waals surface area (Å²) in [5.74, 6) is 0. The summed E-state index contributed by atoms with van der Waals surface area (Å²) in [4.78, 5) is 17.7. The zero-order valence-electron chi connectivity index (χ0n) is 23.5. The predicted octanol–water partition coefficient (Wildman–Crippen LogP) is 10.0. The van der Waals surface area contributed by atoms with E-state index in [1.54, 1.807) is 0 Å². The van der Waals surface area contributed by atoms with Crippen molar-refractivity contribution in [3.63, 3.8) is 0 Å². The summed E-state index contributed by atoms with van der Waals surface area (Å²) in [5.41, 5.74) is 5.53. The van der Waals surface area contributed by atoms with Gasteiger partial charge >= 0.3 is 7.60 Å². The Morgan fingerprint density at radius 3 is 0.686 bits per heavy atom. The van der Waals surface area contributed by atoms with Gasteiger partial charge in [0.15, 0.2) is 0 Å². The summed E-state index contributed by atoms with van der Waals surface area (Å²) in [6.07, 6.45) is 37.8. The van der Waals surface area contributed by atoms with E-state index in [1.165, 1.54) is 161 Å². The Morgan fingerprint density at radius 2 is 0.514 bits per heavy atom. The zero-order chi connectivity index (χ0) is 25.7. The summed E-state index contributed by atoms with van der Waals surface area (Å²) in [5, 5.41) is 0. The lowest BCUT2D eigenvalue weighted by Crippen LogP contribution is -1.97. The monoisotopic (exact) mass is 517 g/mol. The third kappa shape index (κ3) is 34.1. The first-order valence-corrected chi connectivity index (χ1v) is 17.6. The van der Waals surface area contributed by atoms with Crippen LogP contribution in [0, 0.1) is 0 Å². The second kappa shape index (κ2) is 28.7. The van der Waals surface area contributed by atoms with Gasteiger partial charge in [-0.1, -0.05) is 167 Å². The highest BCUT2D eigenvalue weighted by Gasteiger charge is 2.10. The van der Waals surface area contributed by atoms with Gasteiger partial charge in [-0.25, -0.2) is 0 Å². The molecule has 0 aromatic carbocycles. The Hall–Kier alpha value is 0.110. The van der Waals surface area contributed by atoms with Crippen molar-refractivity contribution in [1.82, 2.24) is 0 Å². The Morgan fingerprint density at radius 1 is 0.343 bits per heavy atom. The summed E-state index contributed by atoms with van der Waals surface area (Å²) < 4.78 is 10.8. The summed E-state index contributed by atoms with van der Waals surface area (Å²) >= 11 is 0. The van der Waals surface area contributed by atoms with E-state index >= 15 is 0 Å². The highest BCUT2D eigenvalue weighted by molar-refractivity contribution is 7.51. The summed E-state index contributed by atoms with van der Waals surface area (Å²) in [7, 11) is -3.77. The fourth-order valence-corrected chi connectivity index (χ4v) is 5.69. The van der Waals surface area contributed by atoms with Crippen LogP contribution in [0.1, 0.15) is 180 Å². The molecule has 0 rings (SSSR count). The van der Waals surface area contributed by atoms with E-state index in [0.717, 1.165) is 19.4 Å². The van der Waals surface area contributed by atoms with Crippen LogP contribution in [0.2, 0.25) is 0 Å². The molecular weight excluding hydrogens is 453 g/mol. The first-order valence-electron chi connectivity index (χ1n) is 15.8. The highest BCUT2D eigenvalue weighted by Crippen LogP contribution is 2.35. The molecule has 35 heavy (non-hydrogen) atoms. The summed E-state index contributed by atoms with van der Waals surface area (Å²) in [6.45, 7) is 0.862. The highest BCUT2D eigenvalue weighted by atomic mass is 31.2. The second-order valence-electron chi connectivity index (χ2n) is 11.1. The molecule has 5 heteroatoms. The molecule has 0 bridgehead atoms. The molecule has 212 valence electrons. The molecule has 0 radical (unpaired) electrons. The number of rotatable bonds is 30. The van der Waals surface area contributed by atoms with Crippen molar-refractivity contribution in [1.29, 1.82) is 0 Å². The molecule has 0 unspecified atom stereocenters. The fourth-order valence-electron chi connectivity index (χ4n) is 5.06. The van der Waals surface area contributed by atoms with Gasteiger partial charge in [0.25, 0.3) is 0 Å². The van der Waals surface area contributed by atoms with Crippen molar-refractivity contribution < 1.29 is 14.4 Å². The first-order chi connectivity index (χ1) is 17.1. The average Bonchev–Trinajstić information content (AvgIpc) is 2.82. The van der Waals surface area contributed by atoms with Gasteiger partial charge < -0.3 is 15.5 Å². The Kier molecular flexibility index (Phi) is 28.8. The van der Waals surface area contributed by atoms with Gasteiger partial charge in [0, 0.05) is 6.16 Å².